The fourth-order valence-electron chi connectivity index (χ4n) is 13.0. The van der Waals surface area contributed by atoms with Crippen LogP contribution in [0.25, 0.3) is 0 Å². The molecule has 0 aromatic rings. The smallest absolute Gasteiger partial charge is 0.187 e. The van der Waals surface area contributed by atoms with E-state index in [0.29, 0.717) is 32.1 Å². The van der Waals surface area contributed by atoms with Gasteiger partial charge in [0.25, 0.3) is 0 Å². The van der Waals surface area contributed by atoms with Crippen LogP contribution in [0.2, 0.25) is 0 Å². The van der Waals surface area contributed by atoms with Gasteiger partial charge in [0.1, 0.15) is 41.7 Å². The third kappa shape index (κ3) is 6.96. The van der Waals surface area contributed by atoms with Gasteiger partial charge in [0.2, 0.25) is 0 Å². The Morgan fingerprint density at radius 3 is 1.83 bits per heavy atom. The first kappa shape index (κ1) is 45.4. The van der Waals surface area contributed by atoms with Gasteiger partial charge in [-0.2, -0.15) is 0 Å². The lowest BCUT2D eigenvalue weighted by Gasteiger charge is -2.69. The Hall–Kier alpha value is -0.640. The van der Waals surface area contributed by atoms with Crippen molar-refractivity contribution in [1.29, 1.82) is 0 Å². The second kappa shape index (κ2) is 16.5. The highest BCUT2D eigenvalue weighted by molar-refractivity contribution is 5.30. The van der Waals surface area contributed by atoms with Crippen molar-refractivity contribution in [3.63, 3.8) is 0 Å². The summed E-state index contributed by atoms with van der Waals surface area (Å²) in [5, 5.41) is 80.3. The second-order valence-corrected chi connectivity index (χ2v) is 19.3. The van der Waals surface area contributed by atoms with Gasteiger partial charge in [-0.25, -0.2) is 0 Å². The minimum atomic E-state index is -1.76. The Balaban J connectivity index is 0.952. The number of aliphatic hydroxyl groups is 7. The fourth-order valence-corrected chi connectivity index (χ4v) is 13.0. The van der Waals surface area contributed by atoms with Crippen molar-refractivity contribution in [2.24, 2.45) is 22.7 Å². The zero-order chi connectivity index (χ0) is 42.3. The Kier molecular flexibility index (Phi) is 12.9. The van der Waals surface area contributed by atoms with Gasteiger partial charge in [-0.15, -0.1) is 0 Å². The number of hydrogen-bond acceptors (Lipinski definition) is 16. The van der Waals surface area contributed by atoms with Gasteiger partial charge in [-0.05, 0) is 96.3 Å². The van der Waals surface area contributed by atoms with Crippen molar-refractivity contribution < 1.29 is 78.4 Å². The van der Waals surface area contributed by atoms with Crippen molar-refractivity contribution in [2.75, 3.05) is 21.3 Å². The van der Waals surface area contributed by atoms with E-state index in [1.807, 2.05) is 13.8 Å². The number of aliphatic hydroxyl groups excluding tert-OH is 4. The number of methoxy groups -OCH3 is 3. The molecule has 4 saturated carbocycles. The molecule has 336 valence electrons. The zero-order valence-electron chi connectivity index (χ0n) is 35.8. The van der Waals surface area contributed by atoms with Crippen LogP contribution >= 0.6 is 0 Å². The standard InChI is InChI=1S/C42H72O16/c1-20-32(45)36(52-9)33(46)37(55-20)58-35-22(3)54-31(18-27(35)51-8)57-34-21(2)53-30(17-26(34)50-7)56-25-11-12-38(5)24(16-25)10-13-41(48)28(38)19-29(44)39(6)40(47,23(4)43)14-15-42(39,41)49/h20-37,43-49H,10-19H2,1-9H3/t20-,21-,22-,23?,24?,25?,26+,27+,28?,29?,30+,31+,32-,33-,34-,35-,36-,37?,38?,39?,40?,41?,42?/m1/s1. The van der Waals surface area contributed by atoms with Crippen LogP contribution in [0.15, 0.2) is 0 Å². The molecule has 0 aromatic heterocycles. The predicted octanol–water partition coefficient (Wildman–Crippen LogP) is 1.28. The van der Waals surface area contributed by atoms with E-state index in [4.69, 9.17) is 42.6 Å². The molecular weight excluding hydrogens is 760 g/mol. The van der Waals surface area contributed by atoms with Crippen molar-refractivity contribution in [3.05, 3.63) is 0 Å². The van der Waals surface area contributed by atoms with Crippen LogP contribution in [0.4, 0.5) is 0 Å². The molecule has 11 unspecified atom stereocenters. The zero-order valence-corrected chi connectivity index (χ0v) is 35.8. The van der Waals surface area contributed by atoms with E-state index < -0.39 is 114 Å². The average molecular weight is 833 g/mol. The molecule has 0 radical (unpaired) electrons. The van der Waals surface area contributed by atoms with Gasteiger partial charge in [0, 0.05) is 34.2 Å². The summed E-state index contributed by atoms with van der Waals surface area (Å²) in [5.41, 5.74) is -6.89. The monoisotopic (exact) mass is 832 g/mol. The summed E-state index contributed by atoms with van der Waals surface area (Å²) in [6.07, 6.45) is -6.94. The average Bonchev–Trinajstić information content (AvgIpc) is 3.41. The van der Waals surface area contributed by atoms with Crippen molar-refractivity contribution in [2.45, 2.75) is 221 Å². The highest BCUT2D eigenvalue weighted by atomic mass is 16.8. The molecule has 4 aliphatic carbocycles. The Morgan fingerprint density at radius 2 is 1.24 bits per heavy atom. The third-order valence-electron chi connectivity index (χ3n) is 16.7. The van der Waals surface area contributed by atoms with Gasteiger partial charge >= 0.3 is 0 Å². The molecule has 0 amide bonds. The minimum Gasteiger partial charge on any atom is -0.392 e. The van der Waals surface area contributed by atoms with Crippen LogP contribution in [0.1, 0.15) is 106 Å². The summed E-state index contributed by atoms with van der Waals surface area (Å²) in [7, 11) is 4.64. The first-order valence-electron chi connectivity index (χ1n) is 21.6. The van der Waals surface area contributed by atoms with Crippen LogP contribution in [-0.2, 0) is 42.6 Å². The van der Waals surface area contributed by atoms with E-state index >= 15 is 0 Å². The number of hydrogen-bond donors (Lipinski definition) is 7. The second-order valence-electron chi connectivity index (χ2n) is 19.3. The first-order chi connectivity index (χ1) is 27.2. The SMILES string of the molecule is CO[C@@H]1[C@H](O)[C@@H](C)OC(O[C@H]2[C@@H](OC)C[C@H](O[C@H]3[C@@H](OC)C[C@H](OC4CCC5(C)C(CCC6(O)C5CC(O)C5(C)C(O)(C(C)O)CCC65O)C4)O[C@@H]3C)O[C@@H]2C)[C@@H]1O. The molecule has 7 aliphatic rings. The van der Waals surface area contributed by atoms with E-state index in [1.165, 1.54) is 14.0 Å². The molecule has 16 heteroatoms. The quantitative estimate of drug-likeness (QED) is 0.154. The summed E-state index contributed by atoms with van der Waals surface area (Å²) in [6, 6.07) is 0. The maximum Gasteiger partial charge on any atom is 0.187 e. The van der Waals surface area contributed by atoms with Gasteiger partial charge in [-0.3, -0.25) is 0 Å². The molecule has 23 atom stereocenters. The molecule has 7 N–H and O–H groups in total. The van der Waals surface area contributed by atoms with E-state index in [1.54, 1.807) is 28.1 Å². The summed E-state index contributed by atoms with van der Waals surface area (Å²) >= 11 is 0. The van der Waals surface area contributed by atoms with Gasteiger partial charge in [0.15, 0.2) is 18.9 Å². The van der Waals surface area contributed by atoms with Crippen molar-refractivity contribution in [1.82, 2.24) is 0 Å². The van der Waals surface area contributed by atoms with Gasteiger partial charge in [0.05, 0.1) is 59.8 Å². The number of fused-ring (bicyclic) bond motifs is 5. The fraction of sp³-hybridized carbons (Fsp3) is 1.00. The Bertz CT molecular complexity index is 1420. The van der Waals surface area contributed by atoms with Crippen LogP contribution in [0.3, 0.4) is 0 Å². The predicted molar refractivity (Wildman–Crippen MR) is 204 cm³/mol. The van der Waals surface area contributed by atoms with E-state index in [0.717, 1.165) is 12.8 Å². The van der Waals surface area contributed by atoms with Gasteiger partial charge < -0.3 is 78.4 Å². The lowest BCUT2D eigenvalue weighted by Crippen LogP contribution is -2.79. The first-order valence-corrected chi connectivity index (χ1v) is 21.6. The molecule has 0 spiro atoms. The van der Waals surface area contributed by atoms with Gasteiger partial charge in [-0.1, -0.05) is 13.8 Å². The molecular formula is C42H72O16. The molecule has 3 aliphatic heterocycles. The molecule has 0 aromatic carbocycles. The summed E-state index contributed by atoms with van der Waals surface area (Å²) < 4.78 is 55.2. The Morgan fingerprint density at radius 1 is 0.638 bits per heavy atom. The van der Waals surface area contributed by atoms with E-state index in [9.17, 15) is 35.7 Å². The maximum atomic E-state index is 12.6. The molecule has 0 bridgehead atoms. The molecule has 16 nitrogen and oxygen atoms in total. The summed E-state index contributed by atoms with van der Waals surface area (Å²) in [5.74, 6) is -0.233. The maximum absolute atomic E-state index is 12.6. The summed E-state index contributed by atoms with van der Waals surface area (Å²) in [6.45, 7) is 10.8. The third-order valence-corrected chi connectivity index (χ3v) is 16.7. The lowest BCUT2D eigenvalue weighted by atomic mass is 9.40. The molecule has 3 saturated heterocycles. The summed E-state index contributed by atoms with van der Waals surface area (Å²) in [4.78, 5) is 0. The van der Waals surface area contributed by atoms with E-state index in [-0.39, 0.29) is 42.8 Å². The van der Waals surface area contributed by atoms with Crippen molar-refractivity contribution >= 4 is 0 Å². The molecule has 3 heterocycles. The van der Waals surface area contributed by atoms with Crippen LogP contribution in [-0.4, -0.2) is 172 Å². The highest BCUT2D eigenvalue weighted by Gasteiger charge is 2.80. The lowest BCUT2D eigenvalue weighted by molar-refractivity contribution is -0.353. The number of ether oxygens (including phenoxy) is 9. The molecule has 58 heavy (non-hydrogen) atoms. The minimum absolute atomic E-state index is 0.0916. The van der Waals surface area contributed by atoms with Crippen LogP contribution in [0.5, 0.6) is 0 Å². The number of rotatable bonds is 10. The Labute approximate surface area is 342 Å². The van der Waals surface area contributed by atoms with Crippen LogP contribution in [0, 0.1) is 22.7 Å². The van der Waals surface area contributed by atoms with E-state index in [2.05, 4.69) is 6.92 Å². The largest absolute Gasteiger partial charge is 0.392 e. The van der Waals surface area contributed by atoms with Crippen molar-refractivity contribution in [3.8, 4) is 0 Å². The topological polar surface area (TPSA) is 225 Å². The molecule has 7 rings (SSSR count). The normalized spacial score (nSPS) is 56.6. The highest BCUT2D eigenvalue weighted by Crippen LogP contribution is 2.71. The van der Waals surface area contributed by atoms with Crippen LogP contribution < -0.4 is 0 Å². The molecule has 7 fully saturated rings.